The number of hydrogen-bond donors (Lipinski definition) is 1. The average molecular weight is 362 g/mol. The van der Waals surface area contributed by atoms with Crippen LogP contribution in [0.1, 0.15) is 11.1 Å². The molecule has 0 amide bonds. The van der Waals surface area contributed by atoms with E-state index in [1.807, 2.05) is 18.2 Å². The molecule has 1 atom stereocenters. The molecule has 6 heteroatoms. The minimum Gasteiger partial charge on any atom is -0.435 e. The van der Waals surface area contributed by atoms with Crippen molar-refractivity contribution in [2.24, 2.45) is 0 Å². The fourth-order valence-corrected chi connectivity index (χ4v) is 3.28. The average Bonchev–Trinajstić information content (AvgIpc) is 2.78. The molecule has 2 aromatic rings. The minimum absolute atomic E-state index is 0.161. The largest absolute Gasteiger partial charge is 0.435 e. The first-order valence-electron chi connectivity index (χ1n) is 8.79. The lowest BCUT2D eigenvalue weighted by molar-refractivity contribution is -0.0498. The second-order valence-corrected chi connectivity index (χ2v) is 6.63. The minimum atomic E-state index is -2.81. The predicted molar refractivity (Wildman–Crippen MR) is 96.1 cm³/mol. The monoisotopic (exact) mass is 362 g/mol. The Bertz CT molecular complexity index is 667. The standard InChI is InChI=1S/C20H24F2N2O2/c21-20(22)26-19-8-6-17(7-9-19)13-24-11-10-23(14-18(25)15-24)12-16-4-2-1-3-5-16/h1-9,18,20,25H,10-15H2/t18-/m1/s1. The number of β-amino-alcohol motifs (C(OH)–C–C–N with tert-alkyl or cyclic N) is 1. The number of aliphatic hydroxyl groups is 1. The molecule has 0 bridgehead atoms. The van der Waals surface area contributed by atoms with Gasteiger partial charge in [0, 0.05) is 39.3 Å². The van der Waals surface area contributed by atoms with Gasteiger partial charge in [0.15, 0.2) is 0 Å². The van der Waals surface area contributed by atoms with Crippen LogP contribution in [0.15, 0.2) is 54.6 Å². The molecule has 140 valence electrons. The SMILES string of the molecule is O[C@@H]1CN(Cc2ccccc2)CCN(Cc2ccc(OC(F)F)cc2)C1. The maximum absolute atomic E-state index is 12.2. The van der Waals surface area contributed by atoms with Crippen molar-refractivity contribution in [3.05, 3.63) is 65.7 Å². The van der Waals surface area contributed by atoms with Crippen molar-refractivity contribution in [2.75, 3.05) is 26.2 Å². The number of benzene rings is 2. The summed E-state index contributed by atoms with van der Waals surface area (Å²) in [5.41, 5.74) is 2.25. The summed E-state index contributed by atoms with van der Waals surface area (Å²) >= 11 is 0. The molecule has 1 heterocycles. The fraction of sp³-hybridized carbons (Fsp3) is 0.400. The summed E-state index contributed by atoms with van der Waals surface area (Å²) in [6, 6.07) is 16.9. The van der Waals surface area contributed by atoms with Gasteiger partial charge in [-0.05, 0) is 23.3 Å². The number of nitrogens with zero attached hydrogens (tertiary/aromatic N) is 2. The highest BCUT2D eigenvalue weighted by Gasteiger charge is 2.21. The van der Waals surface area contributed by atoms with Crippen LogP contribution in [0.5, 0.6) is 5.75 Å². The highest BCUT2D eigenvalue weighted by atomic mass is 19.3. The summed E-state index contributed by atoms with van der Waals surface area (Å²) in [5, 5.41) is 10.3. The maximum Gasteiger partial charge on any atom is 0.387 e. The van der Waals surface area contributed by atoms with E-state index in [1.165, 1.54) is 5.56 Å². The van der Waals surface area contributed by atoms with Crippen LogP contribution in [0.4, 0.5) is 8.78 Å². The smallest absolute Gasteiger partial charge is 0.387 e. The number of halogens is 2. The quantitative estimate of drug-likeness (QED) is 0.857. The van der Waals surface area contributed by atoms with Gasteiger partial charge in [-0.15, -0.1) is 0 Å². The van der Waals surface area contributed by atoms with E-state index < -0.39 is 12.7 Å². The molecule has 1 aliphatic rings. The second kappa shape index (κ2) is 9.07. The van der Waals surface area contributed by atoms with Crippen LogP contribution in [0.3, 0.4) is 0 Å². The van der Waals surface area contributed by atoms with E-state index in [9.17, 15) is 13.9 Å². The summed E-state index contributed by atoms with van der Waals surface area (Å²) in [7, 11) is 0. The Balaban J connectivity index is 1.55. The zero-order chi connectivity index (χ0) is 18.4. The molecule has 0 radical (unpaired) electrons. The van der Waals surface area contributed by atoms with Crippen LogP contribution >= 0.6 is 0 Å². The Morgan fingerprint density at radius 1 is 0.885 bits per heavy atom. The lowest BCUT2D eigenvalue weighted by Gasteiger charge is -2.21. The molecule has 4 nitrogen and oxygen atoms in total. The topological polar surface area (TPSA) is 35.9 Å². The van der Waals surface area contributed by atoms with E-state index in [1.54, 1.807) is 24.3 Å². The number of hydrogen-bond acceptors (Lipinski definition) is 4. The van der Waals surface area contributed by atoms with Crippen LogP contribution < -0.4 is 4.74 Å². The van der Waals surface area contributed by atoms with E-state index >= 15 is 0 Å². The van der Waals surface area contributed by atoms with Crippen molar-refractivity contribution < 1.29 is 18.6 Å². The molecular formula is C20H24F2N2O2. The van der Waals surface area contributed by atoms with Crippen molar-refractivity contribution in [1.82, 2.24) is 9.80 Å². The molecule has 0 spiro atoms. The van der Waals surface area contributed by atoms with Gasteiger partial charge < -0.3 is 9.84 Å². The van der Waals surface area contributed by atoms with Crippen molar-refractivity contribution in [1.29, 1.82) is 0 Å². The van der Waals surface area contributed by atoms with Crippen molar-refractivity contribution in [3.8, 4) is 5.75 Å². The van der Waals surface area contributed by atoms with Gasteiger partial charge in [-0.25, -0.2) is 0 Å². The number of alkyl halides is 2. The van der Waals surface area contributed by atoms with Crippen LogP contribution in [-0.4, -0.2) is 53.8 Å². The number of ether oxygens (including phenoxy) is 1. The van der Waals surface area contributed by atoms with Crippen LogP contribution in [0, 0.1) is 0 Å². The Labute approximate surface area is 152 Å². The summed E-state index contributed by atoms with van der Waals surface area (Å²) in [6.45, 7) is 1.65. The molecule has 2 aromatic carbocycles. The van der Waals surface area contributed by atoms with E-state index in [0.717, 1.165) is 25.2 Å². The van der Waals surface area contributed by atoms with E-state index in [4.69, 9.17) is 0 Å². The van der Waals surface area contributed by atoms with Crippen LogP contribution in [0.25, 0.3) is 0 Å². The summed E-state index contributed by atoms with van der Waals surface area (Å²) in [6.07, 6.45) is -0.414. The van der Waals surface area contributed by atoms with Gasteiger partial charge in [0.05, 0.1) is 6.10 Å². The maximum atomic E-state index is 12.2. The molecule has 1 aliphatic heterocycles. The normalized spacial score (nSPS) is 19.5. The lowest BCUT2D eigenvalue weighted by atomic mass is 10.2. The number of rotatable bonds is 6. The molecule has 0 aromatic heterocycles. The molecule has 3 rings (SSSR count). The van der Waals surface area contributed by atoms with Gasteiger partial charge in [-0.2, -0.15) is 8.78 Å². The van der Waals surface area contributed by atoms with Gasteiger partial charge in [0.2, 0.25) is 0 Å². The summed E-state index contributed by atoms with van der Waals surface area (Å²) in [4.78, 5) is 4.46. The Kier molecular flexibility index (Phi) is 6.55. The third-order valence-corrected chi connectivity index (χ3v) is 4.47. The first kappa shape index (κ1) is 18.8. The Morgan fingerprint density at radius 3 is 1.96 bits per heavy atom. The highest BCUT2D eigenvalue weighted by molar-refractivity contribution is 5.27. The zero-order valence-electron chi connectivity index (χ0n) is 14.6. The molecule has 1 N–H and O–H groups in total. The van der Waals surface area contributed by atoms with Crippen molar-refractivity contribution >= 4 is 0 Å². The Hall–Kier alpha value is -2.02. The fourth-order valence-electron chi connectivity index (χ4n) is 3.28. The third kappa shape index (κ3) is 5.76. The first-order valence-corrected chi connectivity index (χ1v) is 8.79. The van der Waals surface area contributed by atoms with Crippen LogP contribution in [0.2, 0.25) is 0 Å². The number of aliphatic hydroxyl groups excluding tert-OH is 1. The molecular weight excluding hydrogens is 338 g/mol. The summed E-state index contributed by atoms with van der Waals surface area (Å²) in [5.74, 6) is 0.161. The lowest BCUT2D eigenvalue weighted by Crippen LogP contribution is -2.33. The molecule has 0 saturated carbocycles. The van der Waals surface area contributed by atoms with E-state index in [2.05, 4.69) is 26.7 Å². The molecule has 26 heavy (non-hydrogen) atoms. The van der Waals surface area contributed by atoms with Gasteiger partial charge >= 0.3 is 6.61 Å². The highest BCUT2D eigenvalue weighted by Crippen LogP contribution is 2.17. The molecule has 1 saturated heterocycles. The molecule has 1 fully saturated rings. The molecule has 0 aliphatic carbocycles. The summed E-state index contributed by atoms with van der Waals surface area (Å²) < 4.78 is 28.8. The van der Waals surface area contributed by atoms with Crippen LogP contribution in [-0.2, 0) is 13.1 Å². The van der Waals surface area contributed by atoms with Gasteiger partial charge in [0.25, 0.3) is 0 Å². The van der Waals surface area contributed by atoms with E-state index in [0.29, 0.717) is 19.6 Å². The van der Waals surface area contributed by atoms with Gasteiger partial charge in [-0.3, -0.25) is 9.80 Å². The van der Waals surface area contributed by atoms with Gasteiger partial charge in [-0.1, -0.05) is 42.5 Å². The van der Waals surface area contributed by atoms with Crippen molar-refractivity contribution in [2.45, 2.75) is 25.8 Å². The molecule has 0 unspecified atom stereocenters. The zero-order valence-corrected chi connectivity index (χ0v) is 14.6. The van der Waals surface area contributed by atoms with Gasteiger partial charge in [0.1, 0.15) is 5.75 Å². The second-order valence-electron chi connectivity index (χ2n) is 6.63. The Morgan fingerprint density at radius 2 is 1.42 bits per heavy atom. The third-order valence-electron chi connectivity index (χ3n) is 4.47. The van der Waals surface area contributed by atoms with E-state index in [-0.39, 0.29) is 5.75 Å². The van der Waals surface area contributed by atoms with Crippen molar-refractivity contribution in [3.63, 3.8) is 0 Å². The first-order chi connectivity index (χ1) is 12.6. The predicted octanol–water partition coefficient (Wildman–Crippen LogP) is 2.97.